The fraction of sp³-hybridized carbons (Fsp3) is 0.350. The number of hydrogen-bond acceptors (Lipinski definition) is 5. The van der Waals surface area contributed by atoms with Crippen molar-refractivity contribution in [2.24, 2.45) is 0 Å². The van der Waals surface area contributed by atoms with Gasteiger partial charge < -0.3 is 11.1 Å². The number of nitrogen functional groups attached to an aromatic ring is 1. The molecule has 6 nitrogen and oxygen atoms in total. The number of rotatable bonds is 4. The molecule has 0 radical (unpaired) electrons. The molecule has 0 atom stereocenters. The van der Waals surface area contributed by atoms with Crippen molar-refractivity contribution in [2.45, 2.75) is 50.5 Å². The zero-order valence-corrected chi connectivity index (χ0v) is 16.5. The highest BCUT2D eigenvalue weighted by atomic mass is 32.2. The van der Waals surface area contributed by atoms with Crippen molar-refractivity contribution in [1.82, 2.24) is 8.96 Å². The summed E-state index contributed by atoms with van der Waals surface area (Å²) in [5.41, 5.74) is 7.81. The van der Waals surface area contributed by atoms with Crippen molar-refractivity contribution in [3.8, 4) is 0 Å². The lowest BCUT2D eigenvalue weighted by Gasteiger charge is -2.16. The molecule has 0 unspecified atom stereocenters. The van der Waals surface area contributed by atoms with E-state index in [1.807, 2.05) is 13.8 Å². The smallest absolute Gasteiger partial charge is 0.269 e. The van der Waals surface area contributed by atoms with Crippen LogP contribution in [0.2, 0.25) is 0 Å². The normalized spacial score (nSPS) is 14.7. The molecule has 144 valence electrons. The SMILES string of the molecule is CC.Nc1cnc2c(ccn2S(=O)(=O)c2ccccc2)c1NC1CCCC1. The molecule has 1 aliphatic rings. The number of nitrogens with two attached hydrogens (primary N) is 1. The van der Waals surface area contributed by atoms with Gasteiger partial charge in [-0.3, -0.25) is 0 Å². The summed E-state index contributed by atoms with van der Waals surface area (Å²) >= 11 is 0. The topological polar surface area (TPSA) is 90.0 Å². The Bertz CT molecular complexity index is 1010. The first-order chi connectivity index (χ1) is 13.1. The molecule has 3 aromatic rings. The van der Waals surface area contributed by atoms with Gasteiger partial charge in [0.15, 0.2) is 5.65 Å². The van der Waals surface area contributed by atoms with Crippen molar-refractivity contribution in [3.63, 3.8) is 0 Å². The number of anilines is 2. The Labute approximate surface area is 160 Å². The molecular formula is C20H26N4O2S. The number of nitrogens with one attached hydrogen (secondary N) is 1. The molecule has 27 heavy (non-hydrogen) atoms. The van der Waals surface area contributed by atoms with Crippen LogP contribution in [-0.4, -0.2) is 23.4 Å². The van der Waals surface area contributed by atoms with Crippen LogP contribution in [0.1, 0.15) is 39.5 Å². The number of fused-ring (bicyclic) bond motifs is 1. The third-order valence-electron chi connectivity index (χ3n) is 4.71. The van der Waals surface area contributed by atoms with Crippen LogP contribution in [0.3, 0.4) is 0 Å². The molecule has 4 rings (SSSR count). The van der Waals surface area contributed by atoms with Crippen LogP contribution in [0.25, 0.3) is 11.0 Å². The van der Waals surface area contributed by atoms with Crippen molar-refractivity contribution in [2.75, 3.05) is 11.1 Å². The Morgan fingerprint density at radius 3 is 2.44 bits per heavy atom. The van der Waals surface area contributed by atoms with Crippen LogP contribution in [0.5, 0.6) is 0 Å². The number of aromatic nitrogens is 2. The molecule has 0 aliphatic heterocycles. The number of pyridine rings is 1. The van der Waals surface area contributed by atoms with E-state index < -0.39 is 10.0 Å². The molecule has 2 aromatic heterocycles. The lowest BCUT2D eigenvalue weighted by atomic mass is 10.2. The summed E-state index contributed by atoms with van der Waals surface area (Å²) in [6, 6.07) is 10.5. The standard InChI is InChI=1S/C18H20N4O2S.C2H6/c19-16-12-20-18-15(17(16)21-13-6-4-5-7-13)10-11-22(18)25(23,24)14-8-2-1-3-9-14;1-2/h1-3,8-13H,4-7,19H2,(H,20,21);1-2H3. The molecule has 3 N–H and O–H groups in total. The highest BCUT2D eigenvalue weighted by molar-refractivity contribution is 7.90. The highest BCUT2D eigenvalue weighted by Crippen LogP contribution is 2.33. The summed E-state index contributed by atoms with van der Waals surface area (Å²) in [7, 11) is -3.69. The van der Waals surface area contributed by atoms with Gasteiger partial charge in [-0.05, 0) is 31.0 Å². The van der Waals surface area contributed by atoms with E-state index in [9.17, 15) is 8.42 Å². The van der Waals surface area contributed by atoms with Crippen LogP contribution in [0, 0.1) is 0 Å². The maximum Gasteiger partial charge on any atom is 0.269 e. The monoisotopic (exact) mass is 386 g/mol. The van der Waals surface area contributed by atoms with Crippen LogP contribution in [-0.2, 0) is 10.0 Å². The lowest BCUT2D eigenvalue weighted by Crippen LogP contribution is -2.16. The predicted octanol–water partition coefficient (Wildman–Crippen LogP) is 4.24. The van der Waals surface area contributed by atoms with E-state index in [4.69, 9.17) is 5.73 Å². The summed E-state index contributed by atoms with van der Waals surface area (Å²) in [5, 5.41) is 4.21. The van der Waals surface area contributed by atoms with Crippen LogP contribution in [0.15, 0.2) is 53.7 Å². The Kier molecular flexibility index (Phi) is 5.70. The van der Waals surface area contributed by atoms with Gasteiger partial charge in [0.1, 0.15) is 0 Å². The molecule has 1 saturated carbocycles. The Balaban J connectivity index is 0.00000102. The fourth-order valence-electron chi connectivity index (χ4n) is 3.41. The van der Waals surface area contributed by atoms with E-state index in [-0.39, 0.29) is 4.90 Å². The van der Waals surface area contributed by atoms with E-state index in [1.54, 1.807) is 42.6 Å². The van der Waals surface area contributed by atoms with Crippen molar-refractivity contribution in [1.29, 1.82) is 0 Å². The molecular weight excluding hydrogens is 360 g/mol. The molecule has 1 fully saturated rings. The van der Waals surface area contributed by atoms with Crippen molar-refractivity contribution >= 4 is 32.4 Å². The Hall–Kier alpha value is -2.54. The van der Waals surface area contributed by atoms with Gasteiger partial charge in [0, 0.05) is 17.6 Å². The van der Waals surface area contributed by atoms with Crippen LogP contribution in [0.4, 0.5) is 11.4 Å². The number of benzene rings is 1. The average Bonchev–Trinajstić information content (AvgIpc) is 3.36. The zero-order valence-electron chi connectivity index (χ0n) is 15.7. The maximum absolute atomic E-state index is 12.9. The number of hydrogen-bond donors (Lipinski definition) is 2. The Morgan fingerprint density at radius 2 is 1.78 bits per heavy atom. The molecule has 1 aliphatic carbocycles. The lowest BCUT2D eigenvalue weighted by molar-refractivity contribution is 0.589. The van der Waals surface area contributed by atoms with Gasteiger partial charge in [0.05, 0.1) is 22.5 Å². The van der Waals surface area contributed by atoms with E-state index in [0.717, 1.165) is 23.9 Å². The number of nitrogens with zero attached hydrogens (tertiary/aromatic N) is 2. The highest BCUT2D eigenvalue weighted by Gasteiger charge is 2.23. The molecule has 1 aromatic carbocycles. The first-order valence-electron chi connectivity index (χ1n) is 9.40. The van der Waals surface area contributed by atoms with Gasteiger partial charge in [-0.15, -0.1) is 0 Å². The largest absolute Gasteiger partial charge is 0.396 e. The third-order valence-corrected chi connectivity index (χ3v) is 6.39. The van der Waals surface area contributed by atoms with Crippen molar-refractivity contribution < 1.29 is 8.42 Å². The third kappa shape index (κ3) is 3.64. The average molecular weight is 387 g/mol. The minimum absolute atomic E-state index is 0.233. The molecule has 0 saturated heterocycles. The fourth-order valence-corrected chi connectivity index (χ4v) is 4.74. The van der Waals surface area contributed by atoms with Gasteiger partial charge >= 0.3 is 0 Å². The van der Waals surface area contributed by atoms with E-state index in [1.165, 1.54) is 23.0 Å². The van der Waals surface area contributed by atoms with E-state index >= 15 is 0 Å². The second-order valence-corrected chi connectivity index (χ2v) is 8.20. The first kappa shape index (κ1) is 19.2. The first-order valence-corrected chi connectivity index (χ1v) is 10.8. The molecule has 0 spiro atoms. The van der Waals surface area contributed by atoms with Gasteiger partial charge in [-0.2, -0.15) is 0 Å². The summed E-state index contributed by atoms with van der Waals surface area (Å²) in [6.07, 6.45) is 7.68. The zero-order chi connectivity index (χ0) is 19.4. The minimum Gasteiger partial charge on any atom is -0.396 e. The second kappa shape index (κ2) is 8.00. The minimum atomic E-state index is -3.69. The molecule has 0 bridgehead atoms. The van der Waals surface area contributed by atoms with Crippen molar-refractivity contribution in [3.05, 3.63) is 48.8 Å². The van der Waals surface area contributed by atoms with E-state index in [0.29, 0.717) is 17.4 Å². The Morgan fingerprint density at radius 1 is 1.11 bits per heavy atom. The molecule has 7 heteroatoms. The van der Waals surface area contributed by atoms with E-state index in [2.05, 4.69) is 10.3 Å². The summed E-state index contributed by atoms with van der Waals surface area (Å²) < 4.78 is 27.1. The molecule has 0 amide bonds. The summed E-state index contributed by atoms with van der Waals surface area (Å²) in [6.45, 7) is 4.00. The van der Waals surface area contributed by atoms with Gasteiger partial charge in [0.25, 0.3) is 10.0 Å². The predicted molar refractivity (Wildman–Crippen MR) is 110 cm³/mol. The quantitative estimate of drug-likeness (QED) is 0.700. The maximum atomic E-state index is 12.9. The second-order valence-electron chi connectivity index (χ2n) is 6.38. The van der Waals surface area contributed by atoms with Gasteiger partial charge in [-0.25, -0.2) is 17.4 Å². The van der Waals surface area contributed by atoms with Crippen LogP contribution < -0.4 is 11.1 Å². The van der Waals surface area contributed by atoms with Gasteiger partial charge in [-0.1, -0.05) is 44.9 Å². The van der Waals surface area contributed by atoms with Gasteiger partial charge in [0.2, 0.25) is 0 Å². The van der Waals surface area contributed by atoms with Crippen LogP contribution >= 0.6 is 0 Å². The summed E-state index contributed by atoms with van der Waals surface area (Å²) in [5.74, 6) is 0. The molecule has 2 heterocycles. The summed E-state index contributed by atoms with van der Waals surface area (Å²) in [4.78, 5) is 4.52.